The Morgan fingerprint density at radius 2 is 1.41 bits per heavy atom. The summed E-state index contributed by atoms with van der Waals surface area (Å²) >= 11 is 0. The molecule has 140 valence electrons. The molecule has 2 aliphatic carbocycles. The molecule has 0 aromatic heterocycles. The molecule has 4 aromatic carbocycles. The van der Waals surface area contributed by atoms with E-state index in [0.29, 0.717) is 5.75 Å². The van der Waals surface area contributed by atoms with Crippen LogP contribution in [0.15, 0.2) is 91.0 Å². The van der Waals surface area contributed by atoms with E-state index in [-0.39, 0.29) is 11.5 Å². The average Bonchev–Trinajstić information content (AvgIpc) is 3.40. The molecule has 4 aromatic rings. The molecule has 3 heteroatoms. The van der Waals surface area contributed by atoms with E-state index in [0.717, 1.165) is 17.2 Å². The average molecular weight is 377 g/mol. The lowest BCUT2D eigenvalue weighted by Crippen LogP contribution is -2.33. The fourth-order valence-electron chi connectivity index (χ4n) is 4.90. The maximum atomic E-state index is 12.6. The molecule has 1 atom stereocenters. The van der Waals surface area contributed by atoms with Crippen LogP contribution < -0.4 is 10.1 Å². The Kier molecular flexibility index (Phi) is 3.36. The highest BCUT2D eigenvalue weighted by Crippen LogP contribution is 2.62. The minimum atomic E-state index is -0.399. The second kappa shape index (κ2) is 5.95. The highest BCUT2D eigenvalue weighted by molar-refractivity contribution is 5.86. The van der Waals surface area contributed by atoms with Crippen molar-refractivity contribution >= 4 is 16.9 Å². The Hall–Kier alpha value is -3.59. The van der Waals surface area contributed by atoms with Crippen LogP contribution in [0, 0.1) is 0 Å². The minimum Gasteiger partial charge on any atom is -0.410 e. The molecule has 0 heterocycles. The van der Waals surface area contributed by atoms with Gasteiger partial charge in [-0.15, -0.1) is 0 Å². The van der Waals surface area contributed by atoms with Gasteiger partial charge in [0.15, 0.2) is 0 Å². The molecule has 1 N–H and O–H groups in total. The first-order chi connectivity index (χ1) is 14.3. The summed E-state index contributed by atoms with van der Waals surface area (Å²) in [5.74, 6) is 0.558. The number of benzene rings is 4. The van der Waals surface area contributed by atoms with Gasteiger partial charge < -0.3 is 10.1 Å². The number of amides is 1. The predicted octanol–water partition coefficient (Wildman–Crippen LogP) is 5.67. The lowest BCUT2D eigenvalue weighted by molar-refractivity contribution is 0.199. The van der Waals surface area contributed by atoms with Crippen molar-refractivity contribution in [2.75, 3.05) is 0 Å². The third kappa shape index (κ3) is 2.40. The van der Waals surface area contributed by atoms with Crippen LogP contribution in [0.2, 0.25) is 0 Å². The molecule has 1 amide bonds. The normalized spacial score (nSPS) is 17.6. The number of ether oxygens (including phenoxy) is 1. The number of carbonyl (C=O) groups excluding carboxylic acids is 1. The summed E-state index contributed by atoms with van der Waals surface area (Å²) in [5, 5.41) is 5.28. The lowest BCUT2D eigenvalue weighted by Gasteiger charge is -2.15. The highest BCUT2D eigenvalue weighted by Gasteiger charge is 2.61. The number of hydrogen-bond donors (Lipinski definition) is 1. The Morgan fingerprint density at radius 3 is 2.14 bits per heavy atom. The number of fused-ring (bicyclic) bond motifs is 6. The minimum absolute atomic E-state index is 0.0419. The van der Waals surface area contributed by atoms with Gasteiger partial charge in [-0.05, 0) is 51.6 Å². The van der Waals surface area contributed by atoms with E-state index in [1.54, 1.807) is 0 Å². The van der Waals surface area contributed by atoms with E-state index < -0.39 is 6.09 Å². The van der Waals surface area contributed by atoms with E-state index >= 15 is 0 Å². The van der Waals surface area contributed by atoms with Gasteiger partial charge in [0.2, 0.25) is 0 Å². The number of carbonyl (C=O) groups is 1. The summed E-state index contributed by atoms with van der Waals surface area (Å²) < 4.78 is 5.60. The monoisotopic (exact) mass is 377 g/mol. The molecule has 0 bridgehead atoms. The zero-order valence-corrected chi connectivity index (χ0v) is 15.8. The number of nitrogens with one attached hydrogen (secondary N) is 1. The Balaban J connectivity index is 1.26. The van der Waals surface area contributed by atoms with Crippen molar-refractivity contribution in [3.05, 3.63) is 102 Å². The molecule has 6 rings (SSSR count). The molecule has 0 radical (unpaired) electrons. The van der Waals surface area contributed by atoms with Gasteiger partial charge in [0.1, 0.15) is 5.75 Å². The second-order valence-electron chi connectivity index (χ2n) is 7.86. The van der Waals surface area contributed by atoms with Gasteiger partial charge in [0.05, 0.1) is 0 Å². The first-order valence-electron chi connectivity index (χ1n) is 9.92. The van der Waals surface area contributed by atoms with Crippen molar-refractivity contribution in [3.8, 4) is 16.9 Å². The molecule has 0 saturated heterocycles. The van der Waals surface area contributed by atoms with Gasteiger partial charge in [-0.3, -0.25) is 0 Å². The summed E-state index contributed by atoms with van der Waals surface area (Å²) in [6.45, 7) is 0. The molecule has 1 saturated carbocycles. The zero-order valence-electron chi connectivity index (χ0n) is 15.8. The molecule has 29 heavy (non-hydrogen) atoms. The van der Waals surface area contributed by atoms with Gasteiger partial charge in [0.25, 0.3) is 0 Å². The standard InChI is InChI=1S/C26H19NO2/c28-25(29-19-14-13-17-7-1-2-8-18(17)15-19)27-24-16-26(24)22-11-5-3-9-20(22)21-10-4-6-12-23(21)26/h1-15,24H,16H2,(H,27,28). The first-order valence-corrected chi connectivity index (χ1v) is 9.92. The Bertz CT molecular complexity index is 1230. The van der Waals surface area contributed by atoms with Crippen LogP contribution in [-0.4, -0.2) is 12.1 Å². The van der Waals surface area contributed by atoms with E-state index in [2.05, 4.69) is 53.8 Å². The van der Waals surface area contributed by atoms with Crippen LogP contribution in [0.4, 0.5) is 4.79 Å². The number of rotatable bonds is 2. The second-order valence-corrected chi connectivity index (χ2v) is 7.86. The van der Waals surface area contributed by atoms with Gasteiger partial charge in [0, 0.05) is 11.5 Å². The number of hydrogen-bond acceptors (Lipinski definition) is 2. The van der Waals surface area contributed by atoms with Crippen LogP contribution in [0.1, 0.15) is 17.5 Å². The quantitative estimate of drug-likeness (QED) is 0.489. The van der Waals surface area contributed by atoms with Crippen LogP contribution >= 0.6 is 0 Å². The molecular weight excluding hydrogens is 358 g/mol. The molecule has 1 unspecified atom stereocenters. The predicted molar refractivity (Wildman–Crippen MR) is 114 cm³/mol. The summed E-state index contributed by atoms with van der Waals surface area (Å²) in [5.41, 5.74) is 5.02. The molecule has 0 aliphatic heterocycles. The molecule has 3 nitrogen and oxygen atoms in total. The van der Waals surface area contributed by atoms with Gasteiger partial charge in [-0.25, -0.2) is 4.79 Å². The van der Waals surface area contributed by atoms with Crippen molar-refractivity contribution in [1.82, 2.24) is 5.32 Å². The van der Waals surface area contributed by atoms with Crippen molar-refractivity contribution in [3.63, 3.8) is 0 Å². The van der Waals surface area contributed by atoms with Crippen molar-refractivity contribution in [2.45, 2.75) is 17.9 Å². The fraction of sp³-hybridized carbons (Fsp3) is 0.115. The maximum Gasteiger partial charge on any atom is 0.412 e. The van der Waals surface area contributed by atoms with Crippen molar-refractivity contribution in [2.24, 2.45) is 0 Å². The Labute approximate surface area is 169 Å². The van der Waals surface area contributed by atoms with Crippen molar-refractivity contribution < 1.29 is 9.53 Å². The Morgan fingerprint density at radius 1 is 0.793 bits per heavy atom. The van der Waals surface area contributed by atoms with Crippen LogP contribution in [-0.2, 0) is 5.41 Å². The topological polar surface area (TPSA) is 38.3 Å². The largest absolute Gasteiger partial charge is 0.412 e. The molecule has 1 fully saturated rings. The van der Waals surface area contributed by atoms with Gasteiger partial charge >= 0.3 is 6.09 Å². The van der Waals surface area contributed by atoms with E-state index in [9.17, 15) is 4.79 Å². The van der Waals surface area contributed by atoms with Gasteiger partial charge in [-0.2, -0.15) is 0 Å². The fourth-order valence-corrected chi connectivity index (χ4v) is 4.90. The van der Waals surface area contributed by atoms with Crippen LogP contribution in [0.3, 0.4) is 0 Å². The van der Waals surface area contributed by atoms with Crippen molar-refractivity contribution in [1.29, 1.82) is 0 Å². The van der Waals surface area contributed by atoms with E-state index in [4.69, 9.17) is 4.74 Å². The highest BCUT2D eigenvalue weighted by atomic mass is 16.6. The third-order valence-electron chi connectivity index (χ3n) is 6.29. The van der Waals surface area contributed by atoms with E-state index in [1.807, 2.05) is 42.5 Å². The van der Waals surface area contributed by atoms with Crippen LogP contribution in [0.5, 0.6) is 5.75 Å². The van der Waals surface area contributed by atoms with Crippen LogP contribution in [0.25, 0.3) is 21.9 Å². The summed E-state index contributed by atoms with van der Waals surface area (Å²) in [6, 6.07) is 30.8. The lowest BCUT2D eigenvalue weighted by atomic mass is 9.93. The summed E-state index contributed by atoms with van der Waals surface area (Å²) in [6.07, 6.45) is 0.498. The maximum absolute atomic E-state index is 12.6. The van der Waals surface area contributed by atoms with E-state index in [1.165, 1.54) is 22.3 Å². The summed E-state index contributed by atoms with van der Waals surface area (Å²) in [4.78, 5) is 12.6. The zero-order chi connectivity index (χ0) is 19.4. The molecular formula is C26H19NO2. The molecule has 1 spiro atoms. The summed E-state index contributed by atoms with van der Waals surface area (Å²) in [7, 11) is 0. The SMILES string of the molecule is O=C(NC1CC12c1ccccc1-c1ccccc12)Oc1ccc2ccccc2c1. The first kappa shape index (κ1) is 16.4. The smallest absolute Gasteiger partial charge is 0.410 e. The molecule has 2 aliphatic rings. The third-order valence-corrected chi connectivity index (χ3v) is 6.29. The van der Waals surface area contributed by atoms with Gasteiger partial charge in [-0.1, -0.05) is 78.9 Å².